The monoisotopic (exact) mass is 223 g/mol. The predicted molar refractivity (Wildman–Crippen MR) is 54.5 cm³/mol. The van der Waals surface area contributed by atoms with Crippen molar-refractivity contribution < 1.29 is 14.7 Å². The van der Waals surface area contributed by atoms with E-state index in [1.165, 1.54) is 0 Å². The lowest BCUT2D eigenvalue weighted by atomic mass is 10.1. The van der Waals surface area contributed by atoms with E-state index in [2.05, 4.69) is 10.3 Å². The third-order valence-corrected chi connectivity index (χ3v) is 2.81. The molecule has 0 atom stereocenters. The van der Waals surface area contributed by atoms with E-state index in [4.69, 9.17) is 5.11 Å². The van der Waals surface area contributed by atoms with Gasteiger partial charge in [0.1, 0.15) is 5.41 Å². The largest absolute Gasteiger partial charge is 0.480 e. The van der Waals surface area contributed by atoms with Crippen LogP contribution in [0, 0.1) is 5.41 Å². The summed E-state index contributed by atoms with van der Waals surface area (Å²) in [4.78, 5) is 26.3. The van der Waals surface area contributed by atoms with Crippen LogP contribution in [-0.4, -0.2) is 33.1 Å². The minimum absolute atomic E-state index is 0.375. The fraction of sp³-hybridized carbons (Fsp3) is 0.500. The zero-order valence-electron chi connectivity index (χ0n) is 8.72. The number of carbonyl (C=O) groups excluding carboxylic acids is 1. The van der Waals surface area contributed by atoms with Crippen LogP contribution in [0.2, 0.25) is 0 Å². The van der Waals surface area contributed by atoms with E-state index in [1.54, 1.807) is 18.7 Å². The number of amides is 1. The van der Waals surface area contributed by atoms with E-state index in [0.29, 0.717) is 25.9 Å². The quantitative estimate of drug-likeness (QED) is 0.681. The Labute approximate surface area is 92.3 Å². The zero-order chi connectivity index (χ0) is 11.6. The van der Waals surface area contributed by atoms with Gasteiger partial charge in [-0.05, 0) is 12.8 Å². The molecule has 1 aromatic heterocycles. The van der Waals surface area contributed by atoms with Crippen LogP contribution >= 0.6 is 0 Å². The van der Waals surface area contributed by atoms with Crippen molar-refractivity contribution in [1.82, 2.24) is 14.9 Å². The van der Waals surface area contributed by atoms with Gasteiger partial charge in [-0.2, -0.15) is 0 Å². The number of carbonyl (C=O) groups is 2. The Morgan fingerprint density at radius 2 is 2.25 bits per heavy atom. The third kappa shape index (κ3) is 1.91. The summed E-state index contributed by atoms with van der Waals surface area (Å²) in [6.45, 7) is 1.02. The molecule has 6 heteroatoms. The van der Waals surface area contributed by atoms with Crippen LogP contribution in [-0.2, 0) is 16.1 Å². The van der Waals surface area contributed by atoms with Crippen LogP contribution in [0.25, 0.3) is 0 Å². The molecule has 86 valence electrons. The van der Waals surface area contributed by atoms with E-state index >= 15 is 0 Å². The van der Waals surface area contributed by atoms with Gasteiger partial charge < -0.3 is 15.0 Å². The second-order valence-electron chi connectivity index (χ2n) is 3.94. The van der Waals surface area contributed by atoms with Crippen LogP contribution in [0.5, 0.6) is 0 Å². The van der Waals surface area contributed by atoms with Gasteiger partial charge >= 0.3 is 5.97 Å². The van der Waals surface area contributed by atoms with Crippen molar-refractivity contribution in [2.75, 3.05) is 6.54 Å². The number of carboxylic acid groups (broad SMARTS) is 1. The molecule has 1 fully saturated rings. The van der Waals surface area contributed by atoms with Crippen molar-refractivity contribution in [2.45, 2.75) is 19.4 Å². The SMILES string of the molecule is O=C(O)C1(C(=O)NCCn2ccnc2)CC1. The van der Waals surface area contributed by atoms with Gasteiger partial charge in [-0.15, -0.1) is 0 Å². The van der Waals surface area contributed by atoms with Crippen LogP contribution < -0.4 is 5.32 Å². The summed E-state index contributed by atoms with van der Waals surface area (Å²) in [5, 5.41) is 11.5. The second kappa shape index (κ2) is 3.96. The summed E-state index contributed by atoms with van der Waals surface area (Å²) in [7, 11) is 0. The molecule has 2 rings (SSSR count). The number of imidazole rings is 1. The van der Waals surface area contributed by atoms with Crippen molar-refractivity contribution in [3.05, 3.63) is 18.7 Å². The van der Waals surface area contributed by atoms with Crippen molar-refractivity contribution in [3.63, 3.8) is 0 Å². The molecule has 1 aliphatic carbocycles. The second-order valence-corrected chi connectivity index (χ2v) is 3.94. The molecule has 0 aliphatic heterocycles. The Balaban J connectivity index is 1.79. The number of carboxylic acids is 1. The first-order valence-electron chi connectivity index (χ1n) is 5.12. The number of nitrogens with zero attached hydrogens (tertiary/aromatic N) is 2. The fourth-order valence-corrected chi connectivity index (χ4v) is 1.55. The maximum absolute atomic E-state index is 11.6. The Morgan fingerprint density at radius 3 is 2.75 bits per heavy atom. The third-order valence-electron chi connectivity index (χ3n) is 2.81. The van der Waals surface area contributed by atoms with Gasteiger partial charge in [-0.25, -0.2) is 4.98 Å². The zero-order valence-corrected chi connectivity index (χ0v) is 8.72. The molecule has 0 bridgehead atoms. The van der Waals surface area contributed by atoms with E-state index in [9.17, 15) is 9.59 Å². The molecule has 1 aliphatic rings. The lowest BCUT2D eigenvalue weighted by molar-refractivity contribution is -0.149. The van der Waals surface area contributed by atoms with Gasteiger partial charge in [-0.3, -0.25) is 9.59 Å². The van der Waals surface area contributed by atoms with Crippen LogP contribution in [0.15, 0.2) is 18.7 Å². The highest BCUT2D eigenvalue weighted by Crippen LogP contribution is 2.45. The Kier molecular flexibility index (Phi) is 2.64. The summed E-state index contributed by atoms with van der Waals surface area (Å²) in [6, 6.07) is 0. The van der Waals surface area contributed by atoms with Gasteiger partial charge in [0.25, 0.3) is 0 Å². The van der Waals surface area contributed by atoms with Gasteiger partial charge in [0, 0.05) is 25.5 Å². The van der Waals surface area contributed by atoms with Crippen molar-refractivity contribution >= 4 is 11.9 Å². The van der Waals surface area contributed by atoms with Crippen LogP contribution in [0.1, 0.15) is 12.8 Å². The number of nitrogens with one attached hydrogen (secondary N) is 1. The number of aliphatic carboxylic acids is 1. The number of hydrogen-bond acceptors (Lipinski definition) is 3. The molecule has 1 amide bonds. The van der Waals surface area contributed by atoms with E-state index in [1.807, 2.05) is 4.57 Å². The van der Waals surface area contributed by atoms with Gasteiger partial charge in [0.05, 0.1) is 6.33 Å². The minimum Gasteiger partial charge on any atom is -0.480 e. The number of rotatable bonds is 5. The minimum atomic E-state index is -1.14. The molecule has 1 saturated carbocycles. The Bertz CT molecular complexity index is 395. The summed E-state index contributed by atoms with van der Waals surface area (Å²) >= 11 is 0. The molecular formula is C10H13N3O3. The first-order valence-corrected chi connectivity index (χ1v) is 5.12. The lowest BCUT2D eigenvalue weighted by Crippen LogP contribution is -2.38. The average Bonchev–Trinajstić information content (AvgIpc) is 2.92. The molecular weight excluding hydrogens is 210 g/mol. The van der Waals surface area contributed by atoms with Crippen LogP contribution in [0.4, 0.5) is 0 Å². The van der Waals surface area contributed by atoms with Gasteiger partial charge in [-0.1, -0.05) is 0 Å². The summed E-state index contributed by atoms with van der Waals surface area (Å²) < 4.78 is 1.82. The topological polar surface area (TPSA) is 84.2 Å². The molecule has 0 saturated heterocycles. The van der Waals surface area contributed by atoms with Crippen molar-refractivity contribution in [1.29, 1.82) is 0 Å². The van der Waals surface area contributed by atoms with Crippen molar-refractivity contribution in [2.24, 2.45) is 5.41 Å². The molecule has 0 radical (unpaired) electrons. The molecule has 0 spiro atoms. The highest BCUT2D eigenvalue weighted by molar-refractivity contribution is 6.04. The molecule has 0 unspecified atom stereocenters. The normalized spacial score (nSPS) is 16.8. The average molecular weight is 223 g/mol. The Morgan fingerprint density at radius 1 is 1.50 bits per heavy atom. The first kappa shape index (κ1) is 10.7. The molecule has 6 nitrogen and oxygen atoms in total. The van der Waals surface area contributed by atoms with E-state index in [-0.39, 0.29) is 5.91 Å². The highest BCUT2D eigenvalue weighted by atomic mass is 16.4. The molecule has 16 heavy (non-hydrogen) atoms. The Hall–Kier alpha value is -1.85. The highest BCUT2D eigenvalue weighted by Gasteiger charge is 2.56. The molecule has 2 N–H and O–H groups in total. The standard InChI is InChI=1S/C10H13N3O3/c14-8(10(1-2-10)9(15)16)12-4-6-13-5-3-11-7-13/h3,5,7H,1-2,4,6H2,(H,12,14)(H,15,16). The fourth-order valence-electron chi connectivity index (χ4n) is 1.55. The molecule has 0 aromatic carbocycles. The van der Waals surface area contributed by atoms with Gasteiger partial charge in [0.15, 0.2) is 0 Å². The maximum Gasteiger partial charge on any atom is 0.319 e. The molecule has 1 heterocycles. The smallest absolute Gasteiger partial charge is 0.319 e. The summed E-state index contributed by atoms with van der Waals surface area (Å²) in [6.07, 6.45) is 5.98. The van der Waals surface area contributed by atoms with E-state index < -0.39 is 11.4 Å². The number of hydrogen-bond donors (Lipinski definition) is 2. The first-order chi connectivity index (χ1) is 7.65. The molecule has 1 aromatic rings. The van der Waals surface area contributed by atoms with Gasteiger partial charge in [0.2, 0.25) is 5.91 Å². The predicted octanol–water partition coefficient (Wildman–Crippen LogP) is -0.136. The lowest BCUT2D eigenvalue weighted by Gasteiger charge is -2.10. The number of aromatic nitrogens is 2. The summed E-state index contributed by atoms with van der Waals surface area (Å²) in [5.74, 6) is -1.40. The van der Waals surface area contributed by atoms with Crippen LogP contribution in [0.3, 0.4) is 0 Å². The van der Waals surface area contributed by atoms with Crippen molar-refractivity contribution in [3.8, 4) is 0 Å². The summed E-state index contributed by atoms with van der Waals surface area (Å²) in [5.41, 5.74) is -1.14. The maximum atomic E-state index is 11.6. The van der Waals surface area contributed by atoms with E-state index in [0.717, 1.165) is 0 Å².